The normalized spacial score (nSPS) is 11.0. The molecule has 0 atom stereocenters. The van der Waals surface area contributed by atoms with E-state index in [1.54, 1.807) is 29.9 Å². The molecule has 0 bridgehead atoms. The zero-order chi connectivity index (χ0) is 25.7. The minimum Gasteiger partial charge on any atom is -0.497 e. The van der Waals surface area contributed by atoms with Gasteiger partial charge in [0.25, 0.3) is 5.91 Å². The van der Waals surface area contributed by atoms with Gasteiger partial charge in [0.1, 0.15) is 5.75 Å². The third-order valence-electron chi connectivity index (χ3n) is 5.88. The molecule has 0 spiro atoms. The summed E-state index contributed by atoms with van der Waals surface area (Å²) < 4.78 is 23.3. The Morgan fingerprint density at radius 1 is 0.943 bits per heavy atom. The molecule has 0 radical (unpaired) electrons. The molecule has 2 aromatic carbocycles. The lowest BCUT2D eigenvalue weighted by Crippen LogP contribution is -2.32. The monoisotopic (exact) mass is 483 g/mol. The third kappa shape index (κ3) is 5.35. The van der Waals surface area contributed by atoms with E-state index in [1.807, 2.05) is 38.1 Å². The maximum atomic E-state index is 13.8. The molecule has 35 heavy (non-hydrogen) atoms. The van der Waals surface area contributed by atoms with Crippen molar-refractivity contribution in [1.29, 1.82) is 0 Å². The summed E-state index contributed by atoms with van der Waals surface area (Å²) in [7, 11) is 9.99. The van der Waals surface area contributed by atoms with Crippen molar-refractivity contribution < 1.29 is 28.5 Å². The number of aromatic nitrogens is 1. The topological polar surface area (TPSA) is 91.3 Å². The summed E-state index contributed by atoms with van der Waals surface area (Å²) in [6.45, 7) is 3.11. The van der Waals surface area contributed by atoms with Crippen LogP contribution in [0.5, 0.6) is 23.0 Å². The zero-order valence-electron chi connectivity index (χ0n) is 21.4. The van der Waals surface area contributed by atoms with Crippen LogP contribution in [0.1, 0.15) is 21.6 Å². The molecule has 0 aliphatic heterocycles. The van der Waals surface area contributed by atoms with Crippen LogP contribution >= 0.6 is 0 Å². The molecule has 9 nitrogen and oxygen atoms in total. The Morgan fingerprint density at radius 2 is 1.60 bits per heavy atom. The Hall–Kier alpha value is -3.72. The van der Waals surface area contributed by atoms with Gasteiger partial charge in [-0.05, 0) is 56.9 Å². The average molecular weight is 484 g/mol. The molecule has 0 saturated heterocycles. The minimum atomic E-state index is -0.281. The summed E-state index contributed by atoms with van der Waals surface area (Å²) in [5.41, 5.74) is 2.48. The van der Waals surface area contributed by atoms with Crippen LogP contribution in [0.3, 0.4) is 0 Å². The maximum absolute atomic E-state index is 13.8. The molecular formula is C26H33N3O6. The first-order valence-electron chi connectivity index (χ1n) is 11.2. The van der Waals surface area contributed by atoms with Crippen molar-refractivity contribution >= 4 is 22.7 Å². The van der Waals surface area contributed by atoms with E-state index in [0.29, 0.717) is 46.3 Å². The molecule has 1 heterocycles. The minimum absolute atomic E-state index is 0.114. The number of methoxy groups -OCH3 is 4. The molecule has 1 aromatic heterocycles. The molecular weight excluding hydrogens is 450 g/mol. The molecule has 9 heteroatoms. The van der Waals surface area contributed by atoms with Gasteiger partial charge in [0.05, 0.1) is 40.4 Å². The van der Waals surface area contributed by atoms with E-state index in [-0.39, 0.29) is 18.2 Å². The van der Waals surface area contributed by atoms with Gasteiger partial charge in [-0.2, -0.15) is 0 Å². The summed E-state index contributed by atoms with van der Waals surface area (Å²) in [4.78, 5) is 28.5. The van der Waals surface area contributed by atoms with Gasteiger partial charge >= 0.3 is 0 Å². The number of hydrogen-bond acceptors (Lipinski definition) is 7. The highest BCUT2D eigenvalue weighted by Crippen LogP contribution is 2.39. The Kier molecular flexibility index (Phi) is 8.24. The molecule has 1 amide bonds. The summed E-state index contributed by atoms with van der Waals surface area (Å²) in [5, 5.41) is 3.73. The first-order chi connectivity index (χ1) is 16.7. The lowest BCUT2D eigenvalue weighted by Gasteiger charge is -2.15. The molecule has 0 aliphatic carbocycles. The molecule has 0 fully saturated rings. The number of rotatable bonds is 10. The van der Waals surface area contributed by atoms with E-state index in [4.69, 9.17) is 18.9 Å². The quantitative estimate of drug-likeness (QED) is 0.474. The van der Waals surface area contributed by atoms with Crippen molar-refractivity contribution in [1.82, 2.24) is 14.8 Å². The molecule has 3 rings (SSSR count). The number of ether oxygens (including phenoxy) is 4. The Bertz CT molecular complexity index is 1210. The third-order valence-corrected chi connectivity index (χ3v) is 5.88. The number of carbonyl (C=O) groups is 2. The molecule has 0 aliphatic rings. The van der Waals surface area contributed by atoms with Crippen LogP contribution in [0.4, 0.5) is 0 Å². The highest BCUT2D eigenvalue weighted by molar-refractivity contribution is 6.05. The smallest absolute Gasteiger partial charge is 0.262 e. The second kappa shape index (κ2) is 11.1. The van der Waals surface area contributed by atoms with Gasteiger partial charge in [0, 0.05) is 29.7 Å². The number of likely N-dealkylation sites (N-methyl/N-ethyl adjacent to an activating group) is 1. The fourth-order valence-electron chi connectivity index (χ4n) is 4.05. The number of hydrogen-bond donors (Lipinski definition) is 1. The van der Waals surface area contributed by atoms with Crippen molar-refractivity contribution in [3.05, 3.63) is 47.2 Å². The van der Waals surface area contributed by atoms with Gasteiger partial charge in [-0.25, -0.2) is 0 Å². The first-order valence-corrected chi connectivity index (χ1v) is 11.2. The second-order valence-corrected chi connectivity index (χ2v) is 8.33. The van der Waals surface area contributed by atoms with Crippen LogP contribution in [-0.4, -0.2) is 76.9 Å². The van der Waals surface area contributed by atoms with E-state index < -0.39 is 0 Å². The van der Waals surface area contributed by atoms with Crippen LogP contribution in [0.25, 0.3) is 10.9 Å². The van der Waals surface area contributed by atoms with E-state index in [1.165, 1.54) is 21.3 Å². The largest absolute Gasteiger partial charge is 0.497 e. The molecule has 188 valence electrons. The van der Waals surface area contributed by atoms with Gasteiger partial charge in [-0.15, -0.1) is 0 Å². The predicted octanol–water partition coefficient (Wildman–Crippen LogP) is 2.89. The van der Waals surface area contributed by atoms with Crippen molar-refractivity contribution in [2.24, 2.45) is 0 Å². The summed E-state index contributed by atoms with van der Waals surface area (Å²) in [6.07, 6.45) is 0.137. The Labute approximate surface area is 205 Å². The van der Waals surface area contributed by atoms with Crippen molar-refractivity contribution in [2.45, 2.75) is 13.3 Å². The van der Waals surface area contributed by atoms with E-state index in [2.05, 4.69) is 5.32 Å². The standard InChI is InChI=1S/C26H33N3O6/c1-16-19(15-24(30)27-10-11-28(2)3)20-14-18(32-4)8-9-21(20)29(16)26(31)17-12-22(33-5)25(35-7)23(13-17)34-6/h8-9,12-14H,10-11,15H2,1-7H3,(H,27,30). The predicted molar refractivity (Wildman–Crippen MR) is 134 cm³/mol. The molecule has 0 saturated carbocycles. The van der Waals surface area contributed by atoms with Gasteiger partial charge in [-0.3, -0.25) is 14.2 Å². The number of carbonyl (C=O) groups excluding carboxylic acids is 2. The first kappa shape index (κ1) is 25.9. The van der Waals surface area contributed by atoms with Gasteiger partial charge in [-0.1, -0.05) is 0 Å². The van der Waals surface area contributed by atoms with E-state index in [9.17, 15) is 9.59 Å². The summed E-state index contributed by atoms with van der Waals surface area (Å²) >= 11 is 0. The highest BCUT2D eigenvalue weighted by atomic mass is 16.5. The zero-order valence-corrected chi connectivity index (χ0v) is 21.4. The van der Waals surface area contributed by atoms with Crippen LogP contribution in [0.2, 0.25) is 0 Å². The average Bonchev–Trinajstić information content (AvgIpc) is 3.12. The number of nitrogens with one attached hydrogen (secondary N) is 1. The molecule has 1 N–H and O–H groups in total. The Morgan fingerprint density at radius 3 is 2.14 bits per heavy atom. The van der Waals surface area contributed by atoms with Crippen LogP contribution in [-0.2, 0) is 11.2 Å². The molecule has 0 unspecified atom stereocenters. The number of nitrogens with zero attached hydrogens (tertiary/aromatic N) is 2. The fourth-order valence-corrected chi connectivity index (χ4v) is 4.05. The second-order valence-electron chi connectivity index (χ2n) is 8.33. The van der Waals surface area contributed by atoms with Crippen molar-refractivity contribution in [2.75, 3.05) is 55.6 Å². The number of amides is 1. The maximum Gasteiger partial charge on any atom is 0.262 e. The van der Waals surface area contributed by atoms with Gasteiger partial charge in [0.2, 0.25) is 11.7 Å². The van der Waals surface area contributed by atoms with Crippen molar-refractivity contribution in [3.8, 4) is 23.0 Å². The van der Waals surface area contributed by atoms with Crippen molar-refractivity contribution in [3.63, 3.8) is 0 Å². The fraction of sp³-hybridized carbons (Fsp3) is 0.385. The Balaban J connectivity index is 2.10. The highest BCUT2D eigenvalue weighted by Gasteiger charge is 2.24. The van der Waals surface area contributed by atoms with Crippen LogP contribution in [0.15, 0.2) is 30.3 Å². The lowest BCUT2D eigenvalue weighted by molar-refractivity contribution is -0.120. The van der Waals surface area contributed by atoms with Gasteiger partial charge in [0.15, 0.2) is 11.5 Å². The summed E-state index contributed by atoms with van der Waals surface area (Å²) in [5.74, 6) is 1.41. The lowest BCUT2D eigenvalue weighted by atomic mass is 10.1. The van der Waals surface area contributed by atoms with E-state index >= 15 is 0 Å². The van der Waals surface area contributed by atoms with Gasteiger partial charge < -0.3 is 29.2 Å². The van der Waals surface area contributed by atoms with E-state index in [0.717, 1.165) is 17.5 Å². The number of fused-ring (bicyclic) bond motifs is 1. The van der Waals surface area contributed by atoms with Crippen LogP contribution < -0.4 is 24.3 Å². The SMILES string of the molecule is COc1ccc2c(c1)c(CC(=O)NCCN(C)C)c(C)n2C(=O)c1cc(OC)c(OC)c(OC)c1. The molecule has 3 aromatic rings. The number of benzene rings is 2. The summed E-state index contributed by atoms with van der Waals surface area (Å²) in [6, 6.07) is 8.70. The van der Waals surface area contributed by atoms with Crippen LogP contribution in [0, 0.1) is 6.92 Å².